The summed E-state index contributed by atoms with van der Waals surface area (Å²) in [6, 6.07) is 6.36. The SMILES string of the molecule is N#CC[C@H](N)c1ccc(N)c(O)c1. The minimum Gasteiger partial charge on any atom is -0.506 e. The summed E-state index contributed by atoms with van der Waals surface area (Å²) in [5.41, 5.74) is 12.1. The number of rotatable bonds is 2. The predicted molar refractivity (Wildman–Crippen MR) is 49.7 cm³/mol. The minimum atomic E-state index is -0.364. The molecule has 0 heterocycles. The molecule has 0 aliphatic heterocycles. The van der Waals surface area contributed by atoms with Crippen LogP contribution in [0.5, 0.6) is 5.75 Å². The number of nitrogen functional groups attached to an aromatic ring is 1. The Morgan fingerprint density at radius 1 is 1.54 bits per heavy atom. The number of aromatic hydroxyl groups is 1. The zero-order valence-corrected chi connectivity index (χ0v) is 7.07. The second kappa shape index (κ2) is 3.78. The van der Waals surface area contributed by atoms with Crippen LogP contribution in [0.25, 0.3) is 0 Å². The maximum atomic E-state index is 9.25. The summed E-state index contributed by atoms with van der Waals surface area (Å²) in [6.45, 7) is 0. The first-order chi connectivity index (χ1) is 6.15. The zero-order chi connectivity index (χ0) is 9.84. The van der Waals surface area contributed by atoms with Gasteiger partial charge in [-0.3, -0.25) is 0 Å². The van der Waals surface area contributed by atoms with Crippen molar-refractivity contribution in [3.05, 3.63) is 23.8 Å². The van der Waals surface area contributed by atoms with E-state index in [-0.39, 0.29) is 18.2 Å². The van der Waals surface area contributed by atoms with Gasteiger partial charge in [-0.25, -0.2) is 0 Å². The van der Waals surface area contributed by atoms with Gasteiger partial charge in [-0.2, -0.15) is 5.26 Å². The summed E-state index contributed by atoms with van der Waals surface area (Å²) in [5.74, 6) is 0.00545. The molecule has 0 spiro atoms. The molecule has 0 unspecified atom stereocenters. The van der Waals surface area contributed by atoms with Gasteiger partial charge in [0.25, 0.3) is 0 Å². The lowest BCUT2D eigenvalue weighted by atomic mass is 10.0. The Morgan fingerprint density at radius 2 is 2.23 bits per heavy atom. The largest absolute Gasteiger partial charge is 0.506 e. The fourth-order valence-corrected chi connectivity index (χ4v) is 1.01. The van der Waals surface area contributed by atoms with Gasteiger partial charge in [-0.15, -0.1) is 0 Å². The smallest absolute Gasteiger partial charge is 0.138 e. The maximum absolute atomic E-state index is 9.25. The van der Waals surface area contributed by atoms with E-state index in [9.17, 15) is 5.11 Å². The van der Waals surface area contributed by atoms with Gasteiger partial charge in [-0.1, -0.05) is 6.07 Å². The van der Waals surface area contributed by atoms with Crippen molar-refractivity contribution in [2.45, 2.75) is 12.5 Å². The van der Waals surface area contributed by atoms with Crippen LogP contribution < -0.4 is 11.5 Å². The third-order valence-corrected chi connectivity index (χ3v) is 1.79. The lowest BCUT2D eigenvalue weighted by Gasteiger charge is -2.08. The molecule has 4 heteroatoms. The highest BCUT2D eigenvalue weighted by Crippen LogP contribution is 2.24. The maximum Gasteiger partial charge on any atom is 0.138 e. The summed E-state index contributed by atoms with van der Waals surface area (Å²) >= 11 is 0. The zero-order valence-electron chi connectivity index (χ0n) is 7.07. The Hall–Kier alpha value is -1.73. The number of phenolic OH excluding ortho intramolecular Hbond substituents is 1. The Bertz CT molecular complexity index is 343. The van der Waals surface area contributed by atoms with Crippen LogP contribution in [0, 0.1) is 11.3 Å². The fourth-order valence-electron chi connectivity index (χ4n) is 1.01. The quantitative estimate of drug-likeness (QED) is 0.461. The van der Waals surface area contributed by atoms with Gasteiger partial charge in [-0.05, 0) is 17.7 Å². The number of anilines is 1. The summed E-state index contributed by atoms with van der Waals surface area (Å²) in [7, 11) is 0. The number of nitrogens with zero attached hydrogens (tertiary/aromatic N) is 1. The molecule has 1 atom stereocenters. The number of hydrogen-bond donors (Lipinski definition) is 3. The molecule has 0 aliphatic rings. The van der Waals surface area contributed by atoms with E-state index in [2.05, 4.69) is 0 Å². The molecular formula is C9H11N3O. The van der Waals surface area contributed by atoms with Crippen molar-refractivity contribution >= 4 is 5.69 Å². The third kappa shape index (κ3) is 2.10. The first-order valence-electron chi connectivity index (χ1n) is 3.86. The summed E-state index contributed by atoms with van der Waals surface area (Å²) in [4.78, 5) is 0. The molecule has 1 aromatic rings. The van der Waals surface area contributed by atoms with Crippen LogP contribution in [-0.4, -0.2) is 5.11 Å². The number of benzene rings is 1. The molecule has 5 N–H and O–H groups in total. The van der Waals surface area contributed by atoms with Crippen LogP contribution in [0.3, 0.4) is 0 Å². The lowest BCUT2D eigenvalue weighted by Crippen LogP contribution is -2.09. The van der Waals surface area contributed by atoms with Gasteiger partial charge < -0.3 is 16.6 Å². The second-order valence-corrected chi connectivity index (χ2v) is 2.79. The van der Waals surface area contributed by atoms with Crippen LogP contribution in [0.15, 0.2) is 18.2 Å². The first kappa shape index (κ1) is 9.36. The van der Waals surface area contributed by atoms with E-state index in [1.165, 1.54) is 6.07 Å². The van der Waals surface area contributed by atoms with Crippen molar-refractivity contribution in [2.75, 3.05) is 5.73 Å². The highest BCUT2D eigenvalue weighted by atomic mass is 16.3. The predicted octanol–water partition coefficient (Wildman–Crippen LogP) is 0.888. The summed E-state index contributed by atoms with van der Waals surface area (Å²) in [5, 5.41) is 17.7. The van der Waals surface area contributed by atoms with Crippen LogP contribution in [0.2, 0.25) is 0 Å². The molecule has 68 valence electrons. The number of nitriles is 1. The second-order valence-electron chi connectivity index (χ2n) is 2.79. The fraction of sp³-hybridized carbons (Fsp3) is 0.222. The Balaban J connectivity index is 2.91. The molecule has 0 aromatic heterocycles. The van der Waals surface area contributed by atoms with E-state index in [4.69, 9.17) is 16.7 Å². The average Bonchev–Trinajstić information content (AvgIpc) is 2.10. The monoisotopic (exact) mass is 177 g/mol. The molecule has 1 aromatic carbocycles. The molecule has 1 rings (SSSR count). The van der Waals surface area contributed by atoms with Gasteiger partial charge >= 0.3 is 0 Å². The van der Waals surface area contributed by atoms with E-state index in [1.807, 2.05) is 6.07 Å². The van der Waals surface area contributed by atoms with E-state index in [0.717, 1.165) is 0 Å². The number of hydrogen-bond acceptors (Lipinski definition) is 4. The summed E-state index contributed by atoms with van der Waals surface area (Å²) in [6.07, 6.45) is 0.226. The Morgan fingerprint density at radius 3 is 2.77 bits per heavy atom. The molecule has 0 aliphatic carbocycles. The molecule has 4 nitrogen and oxygen atoms in total. The van der Waals surface area contributed by atoms with E-state index in [1.54, 1.807) is 12.1 Å². The molecule has 0 amide bonds. The molecule has 0 radical (unpaired) electrons. The van der Waals surface area contributed by atoms with Crippen LogP contribution in [0.4, 0.5) is 5.69 Å². The van der Waals surface area contributed by atoms with Crippen LogP contribution in [-0.2, 0) is 0 Å². The van der Waals surface area contributed by atoms with Crippen molar-refractivity contribution < 1.29 is 5.11 Å². The van der Waals surface area contributed by atoms with Crippen LogP contribution in [0.1, 0.15) is 18.0 Å². The van der Waals surface area contributed by atoms with E-state index < -0.39 is 0 Å². The van der Waals surface area contributed by atoms with Crippen molar-refractivity contribution in [3.8, 4) is 11.8 Å². The highest BCUT2D eigenvalue weighted by Gasteiger charge is 2.06. The Kier molecular flexibility index (Phi) is 2.72. The van der Waals surface area contributed by atoms with Gasteiger partial charge in [0.2, 0.25) is 0 Å². The van der Waals surface area contributed by atoms with Crippen molar-refractivity contribution in [3.63, 3.8) is 0 Å². The standard InChI is InChI=1S/C9H11N3O/c10-4-3-7(11)6-1-2-8(12)9(13)5-6/h1-2,5,7,13H,3,11-12H2/t7-/m0/s1. The van der Waals surface area contributed by atoms with Gasteiger partial charge in [0, 0.05) is 6.04 Å². The number of phenols is 1. The van der Waals surface area contributed by atoms with Gasteiger partial charge in [0.1, 0.15) is 5.75 Å². The molecule has 13 heavy (non-hydrogen) atoms. The van der Waals surface area contributed by atoms with Crippen molar-refractivity contribution in [1.29, 1.82) is 5.26 Å². The van der Waals surface area contributed by atoms with Crippen LogP contribution >= 0.6 is 0 Å². The average molecular weight is 177 g/mol. The molecule has 0 fully saturated rings. The van der Waals surface area contributed by atoms with Crippen molar-refractivity contribution in [2.24, 2.45) is 5.73 Å². The first-order valence-corrected chi connectivity index (χ1v) is 3.86. The third-order valence-electron chi connectivity index (χ3n) is 1.79. The highest BCUT2D eigenvalue weighted by molar-refractivity contribution is 5.53. The Labute approximate surface area is 76.4 Å². The lowest BCUT2D eigenvalue weighted by molar-refractivity contribution is 0.476. The molecule has 0 saturated carbocycles. The molecular weight excluding hydrogens is 166 g/mol. The van der Waals surface area contributed by atoms with Gasteiger partial charge in [0.05, 0.1) is 18.2 Å². The topological polar surface area (TPSA) is 96.1 Å². The normalized spacial score (nSPS) is 12.0. The van der Waals surface area contributed by atoms with E-state index in [0.29, 0.717) is 11.3 Å². The van der Waals surface area contributed by atoms with E-state index >= 15 is 0 Å². The molecule has 0 bridgehead atoms. The minimum absolute atomic E-state index is 0.00545. The summed E-state index contributed by atoms with van der Waals surface area (Å²) < 4.78 is 0. The van der Waals surface area contributed by atoms with Crippen molar-refractivity contribution in [1.82, 2.24) is 0 Å². The number of nitrogens with two attached hydrogens (primary N) is 2. The molecule has 0 saturated heterocycles. The van der Waals surface area contributed by atoms with Gasteiger partial charge in [0.15, 0.2) is 0 Å².